The molecule has 0 bridgehead atoms. The van der Waals surface area contributed by atoms with E-state index >= 15 is 0 Å². The van der Waals surface area contributed by atoms with Crippen molar-refractivity contribution < 1.29 is 4.79 Å². The minimum absolute atomic E-state index is 0.00589. The first-order chi connectivity index (χ1) is 9.70. The molecule has 1 amide bonds. The minimum atomic E-state index is -0.00589. The van der Waals surface area contributed by atoms with Gasteiger partial charge in [-0.25, -0.2) is 0 Å². The Morgan fingerprint density at radius 3 is 2.80 bits per heavy atom. The number of nitrogens with one attached hydrogen (secondary N) is 2. The van der Waals surface area contributed by atoms with E-state index in [0.717, 1.165) is 28.4 Å². The summed E-state index contributed by atoms with van der Waals surface area (Å²) in [4.78, 5) is 12.8. The lowest BCUT2D eigenvalue weighted by Gasteiger charge is -2.07. The monoisotopic (exact) mass is 290 g/mol. The first kappa shape index (κ1) is 14.5. The highest BCUT2D eigenvalue weighted by Gasteiger charge is 2.10. The zero-order chi connectivity index (χ0) is 14.4. The number of amides is 1. The van der Waals surface area contributed by atoms with Crippen molar-refractivity contribution in [2.75, 3.05) is 18.4 Å². The number of hydrogen-bond acceptors (Lipinski definition) is 5. The van der Waals surface area contributed by atoms with Crippen molar-refractivity contribution in [3.63, 3.8) is 0 Å². The molecule has 2 N–H and O–H groups in total. The molecule has 0 saturated carbocycles. The fourth-order valence-corrected chi connectivity index (χ4v) is 2.66. The molecule has 5 nitrogen and oxygen atoms in total. The first-order valence-corrected chi connectivity index (χ1v) is 7.47. The van der Waals surface area contributed by atoms with Gasteiger partial charge in [0.1, 0.15) is 5.82 Å². The van der Waals surface area contributed by atoms with E-state index in [1.165, 1.54) is 11.3 Å². The van der Waals surface area contributed by atoms with Crippen LogP contribution in [0.3, 0.4) is 0 Å². The summed E-state index contributed by atoms with van der Waals surface area (Å²) in [6.45, 7) is 5.12. The summed E-state index contributed by atoms with van der Waals surface area (Å²) in [6.07, 6.45) is 0.878. The van der Waals surface area contributed by atoms with Crippen molar-refractivity contribution in [1.29, 1.82) is 0 Å². The Labute approximate surface area is 122 Å². The maximum atomic E-state index is 12.0. The van der Waals surface area contributed by atoms with Crippen LogP contribution in [0.25, 0.3) is 0 Å². The van der Waals surface area contributed by atoms with Gasteiger partial charge in [0, 0.05) is 13.1 Å². The number of rotatable bonds is 6. The number of anilines is 1. The van der Waals surface area contributed by atoms with Crippen LogP contribution < -0.4 is 10.6 Å². The van der Waals surface area contributed by atoms with E-state index in [2.05, 4.69) is 27.8 Å². The van der Waals surface area contributed by atoms with Crippen LogP contribution in [0, 0.1) is 6.92 Å². The predicted molar refractivity (Wildman–Crippen MR) is 81.3 cm³/mol. The average molecular weight is 290 g/mol. The lowest BCUT2D eigenvalue weighted by molar-refractivity contribution is 0.0958. The van der Waals surface area contributed by atoms with Crippen LogP contribution in [0.4, 0.5) is 5.82 Å². The van der Waals surface area contributed by atoms with E-state index in [4.69, 9.17) is 0 Å². The normalized spacial score (nSPS) is 10.3. The van der Waals surface area contributed by atoms with E-state index in [9.17, 15) is 4.79 Å². The molecule has 20 heavy (non-hydrogen) atoms. The van der Waals surface area contributed by atoms with Crippen LogP contribution in [0.1, 0.15) is 27.9 Å². The lowest BCUT2D eigenvalue weighted by atomic mass is 10.2. The molecular formula is C14H18N4OS. The maximum Gasteiger partial charge on any atom is 0.261 e. The third kappa shape index (κ3) is 3.77. The summed E-state index contributed by atoms with van der Waals surface area (Å²) < 4.78 is 0. The summed E-state index contributed by atoms with van der Waals surface area (Å²) in [5.41, 5.74) is 1.98. The average Bonchev–Trinajstić information content (AvgIpc) is 2.94. The van der Waals surface area contributed by atoms with Gasteiger partial charge in [0.2, 0.25) is 0 Å². The Hall–Kier alpha value is -1.95. The second-order valence-electron chi connectivity index (χ2n) is 4.37. The molecule has 2 aromatic rings. The van der Waals surface area contributed by atoms with Gasteiger partial charge in [-0.15, -0.1) is 16.4 Å². The quantitative estimate of drug-likeness (QED) is 0.801. The van der Waals surface area contributed by atoms with Crippen LogP contribution in [-0.4, -0.2) is 29.2 Å². The van der Waals surface area contributed by atoms with Gasteiger partial charge < -0.3 is 10.6 Å². The third-order valence-corrected chi connectivity index (χ3v) is 3.80. The summed E-state index contributed by atoms with van der Waals surface area (Å²) in [5, 5.41) is 15.9. The third-order valence-electron chi connectivity index (χ3n) is 2.85. The number of nitrogens with zero attached hydrogens (tertiary/aromatic N) is 2. The summed E-state index contributed by atoms with van der Waals surface area (Å²) in [5.74, 6) is 0.712. The Bertz CT molecular complexity index is 565. The molecule has 0 fully saturated rings. The van der Waals surface area contributed by atoms with E-state index < -0.39 is 0 Å². The number of aromatic nitrogens is 2. The molecule has 106 valence electrons. The van der Waals surface area contributed by atoms with E-state index in [1.54, 1.807) is 0 Å². The minimum Gasteiger partial charge on any atom is -0.367 e. The molecular weight excluding hydrogens is 272 g/mol. The van der Waals surface area contributed by atoms with Gasteiger partial charge in [0.05, 0.1) is 10.6 Å². The Balaban J connectivity index is 1.76. The van der Waals surface area contributed by atoms with Gasteiger partial charge >= 0.3 is 0 Å². The molecule has 0 aromatic carbocycles. The number of thiophene rings is 1. The summed E-state index contributed by atoms with van der Waals surface area (Å²) in [6, 6.07) is 5.77. The number of carbonyl (C=O) groups is 1. The molecule has 0 saturated heterocycles. The number of hydrogen-bond donors (Lipinski definition) is 2. The Morgan fingerprint density at radius 1 is 1.25 bits per heavy atom. The number of aryl methyl sites for hydroxylation is 2. The Morgan fingerprint density at radius 2 is 2.10 bits per heavy atom. The van der Waals surface area contributed by atoms with Gasteiger partial charge in [-0.2, -0.15) is 5.10 Å². The van der Waals surface area contributed by atoms with Crippen LogP contribution in [0.2, 0.25) is 0 Å². The SMILES string of the molecule is CCc1ccsc1C(=O)NCCNc1ccc(C)nn1. The van der Waals surface area contributed by atoms with E-state index in [1.807, 2.05) is 30.5 Å². The van der Waals surface area contributed by atoms with Crippen LogP contribution in [0.5, 0.6) is 0 Å². The standard InChI is InChI=1S/C14H18N4OS/c1-3-11-6-9-20-13(11)14(19)16-8-7-15-12-5-4-10(2)17-18-12/h4-6,9H,3,7-8H2,1-2H3,(H,15,18)(H,16,19). The van der Waals surface area contributed by atoms with Crippen molar-refractivity contribution in [3.8, 4) is 0 Å². The summed E-state index contributed by atoms with van der Waals surface area (Å²) in [7, 11) is 0. The molecule has 2 rings (SSSR count). The van der Waals surface area contributed by atoms with Crippen LogP contribution in [0.15, 0.2) is 23.6 Å². The highest BCUT2D eigenvalue weighted by Crippen LogP contribution is 2.16. The van der Waals surface area contributed by atoms with Crippen LogP contribution in [-0.2, 0) is 6.42 Å². The second-order valence-corrected chi connectivity index (χ2v) is 5.29. The van der Waals surface area contributed by atoms with Gasteiger partial charge in [0.25, 0.3) is 5.91 Å². The van der Waals surface area contributed by atoms with Crippen molar-refractivity contribution in [2.24, 2.45) is 0 Å². The number of carbonyl (C=O) groups excluding carboxylic acids is 1. The van der Waals surface area contributed by atoms with Gasteiger partial charge in [-0.1, -0.05) is 6.92 Å². The largest absolute Gasteiger partial charge is 0.367 e. The fourth-order valence-electron chi connectivity index (χ4n) is 1.75. The lowest BCUT2D eigenvalue weighted by Crippen LogP contribution is -2.28. The molecule has 2 aromatic heterocycles. The van der Waals surface area contributed by atoms with Crippen molar-refractivity contribution in [1.82, 2.24) is 15.5 Å². The van der Waals surface area contributed by atoms with E-state index in [0.29, 0.717) is 13.1 Å². The molecule has 6 heteroatoms. The summed E-state index contributed by atoms with van der Waals surface area (Å²) >= 11 is 1.48. The zero-order valence-electron chi connectivity index (χ0n) is 11.6. The molecule has 0 aliphatic rings. The van der Waals surface area contributed by atoms with Crippen LogP contribution >= 0.6 is 11.3 Å². The first-order valence-electron chi connectivity index (χ1n) is 6.59. The predicted octanol–water partition coefficient (Wildman–Crippen LogP) is 2.25. The van der Waals surface area contributed by atoms with Gasteiger partial charge in [-0.05, 0) is 42.5 Å². The van der Waals surface area contributed by atoms with Crippen molar-refractivity contribution >= 4 is 23.1 Å². The molecule has 0 aliphatic carbocycles. The van der Waals surface area contributed by atoms with Gasteiger partial charge in [0.15, 0.2) is 0 Å². The highest BCUT2D eigenvalue weighted by molar-refractivity contribution is 7.12. The second kappa shape index (κ2) is 7.00. The highest BCUT2D eigenvalue weighted by atomic mass is 32.1. The molecule has 0 atom stereocenters. The van der Waals surface area contributed by atoms with E-state index in [-0.39, 0.29) is 5.91 Å². The molecule has 0 unspecified atom stereocenters. The molecule has 2 heterocycles. The fraction of sp³-hybridized carbons (Fsp3) is 0.357. The van der Waals surface area contributed by atoms with Crippen molar-refractivity contribution in [2.45, 2.75) is 20.3 Å². The molecule has 0 radical (unpaired) electrons. The van der Waals surface area contributed by atoms with Crippen molar-refractivity contribution in [3.05, 3.63) is 39.7 Å². The van der Waals surface area contributed by atoms with Gasteiger partial charge in [-0.3, -0.25) is 4.79 Å². The zero-order valence-corrected chi connectivity index (χ0v) is 12.5. The smallest absolute Gasteiger partial charge is 0.261 e. The molecule has 0 aliphatic heterocycles. The maximum absolute atomic E-state index is 12.0. The Kier molecular flexibility index (Phi) is 5.06. The molecule has 0 spiro atoms. The topological polar surface area (TPSA) is 66.9 Å².